The van der Waals surface area contributed by atoms with Gasteiger partial charge in [0.15, 0.2) is 9.84 Å². The highest BCUT2D eigenvalue weighted by atomic mass is 32.2. The number of likely N-dealkylation sites (tertiary alicyclic amines) is 1. The van der Waals surface area contributed by atoms with E-state index in [0.717, 1.165) is 37.8 Å². The van der Waals surface area contributed by atoms with Crippen molar-refractivity contribution in [2.75, 3.05) is 13.1 Å². The maximum atomic E-state index is 12.9. The molecule has 1 fully saturated rings. The van der Waals surface area contributed by atoms with Crippen molar-refractivity contribution in [1.82, 2.24) is 4.90 Å². The van der Waals surface area contributed by atoms with Gasteiger partial charge in [-0.15, -0.1) is 0 Å². The summed E-state index contributed by atoms with van der Waals surface area (Å²) in [6.45, 7) is 4.58. The van der Waals surface area contributed by atoms with Gasteiger partial charge in [-0.05, 0) is 37.1 Å². The summed E-state index contributed by atoms with van der Waals surface area (Å²) < 4.78 is 37.8. The van der Waals surface area contributed by atoms with Gasteiger partial charge in [0.05, 0.1) is 4.90 Å². The van der Waals surface area contributed by atoms with Crippen LogP contribution in [0.1, 0.15) is 39.5 Å². The number of rotatable bonds is 7. The lowest BCUT2D eigenvalue weighted by Gasteiger charge is -2.40. The molecule has 0 unspecified atom stereocenters. The number of hydrogen-bond donors (Lipinski definition) is 0. The van der Waals surface area contributed by atoms with Crippen LogP contribution in [0.15, 0.2) is 29.2 Å². The van der Waals surface area contributed by atoms with Crippen molar-refractivity contribution >= 4 is 15.7 Å². The molecule has 1 aliphatic heterocycles. The Kier molecular flexibility index (Phi) is 5.79. The average Bonchev–Trinajstić information content (AvgIpc) is 2.45. The van der Waals surface area contributed by atoms with Crippen molar-refractivity contribution in [3.05, 3.63) is 30.1 Å². The first-order valence-electron chi connectivity index (χ1n) is 8.18. The predicted molar refractivity (Wildman–Crippen MR) is 87.3 cm³/mol. The molecular weight excluding hydrogens is 317 g/mol. The SMILES string of the molecule is CCCC(CCC)C(=O)N1CC(S(=O)(=O)c2ccc(F)cc2)C1. The minimum absolute atomic E-state index is 0.000486. The summed E-state index contributed by atoms with van der Waals surface area (Å²) in [5.74, 6) is -0.393. The average molecular weight is 341 g/mol. The van der Waals surface area contributed by atoms with Crippen LogP contribution < -0.4 is 0 Å². The molecule has 1 saturated heterocycles. The van der Waals surface area contributed by atoms with Gasteiger partial charge in [-0.2, -0.15) is 0 Å². The lowest BCUT2D eigenvalue weighted by Crippen LogP contribution is -2.58. The Bertz CT molecular complexity index is 630. The molecule has 128 valence electrons. The molecule has 23 heavy (non-hydrogen) atoms. The van der Waals surface area contributed by atoms with E-state index in [-0.39, 0.29) is 29.8 Å². The van der Waals surface area contributed by atoms with Gasteiger partial charge in [-0.25, -0.2) is 12.8 Å². The maximum Gasteiger partial charge on any atom is 0.225 e. The van der Waals surface area contributed by atoms with Crippen molar-refractivity contribution in [2.24, 2.45) is 5.92 Å². The van der Waals surface area contributed by atoms with E-state index in [2.05, 4.69) is 0 Å². The molecule has 0 spiro atoms. The van der Waals surface area contributed by atoms with E-state index in [0.29, 0.717) is 0 Å². The second kappa shape index (κ2) is 7.43. The van der Waals surface area contributed by atoms with E-state index in [9.17, 15) is 17.6 Å². The van der Waals surface area contributed by atoms with Crippen LogP contribution in [0.4, 0.5) is 4.39 Å². The Morgan fingerprint density at radius 3 is 2.17 bits per heavy atom. The summed E-state index contributed by atoms with van der Waals surface area (Å²) in [4.78, 5) is 14.2. The lowest BCUT2D eigenvalue weighted by molar-refractivity contribution is -0.139. The molecular formula is C17H24FNO3S. The van der Waals surface area contributed by atoms with Crippen molar-refractivity contribution < 1.29 is 17.6 Å². The first kappa shape index (κ1) is 17.9. The Morgan fingerprint density at radius 2 is 1.70 bits per heavy atom. The van der Waals surface area contributed by atoms with Gasteiger partial charge < -0.3 is 4.90 Å². The highest BCUT2D eigenvalue weighted by Crippen LogP contribution is 2.27. The topological polar surface area (TPSA) is 54.5 Å². The summed E-state index contributed by atoms with van der Waals surface area (Å²) in [6.07, 6.45) is 3.58. The molecule has 6 heteroatoms. The Labute approximate surface area is 137 Å². The summed E-state index contributed by atoms with van der Waals surface area (Å²) in [5, 5.41) is -0.583. The second-order valence-corrected chi connectivity index (χ2v) is 8.37. The first-order valence-corrected chi connectivity index (χ1v) is 9.73. The summed E-state index contributed by atoms with van der Waals surface area (Å²) in [6, 6.07) is 4.86. The molecule has 0 aromatic heterocycles. The third-order valence-electron chi connectivity index (χ3n) is 4.36. The van der Waals surface area contributed by atoms with E-state index in [4.69, 9.17) is 0 Å². The third-order valence-corrected chi connectivity index (χ3v) is 6.47. The van der Waals surface area contributed by atoms with Crippen LogP contribution in [0, 0.1) is 11.7 Å². The minimum Gasteiger partial charge on any atom is -0.340 e. The van der Waals surface area contributed by atoms with Gasteiger partial charge >= 0.3 is 0 Å². The third kappa shape index (κ3) is 3.91. The number of halogens is 1. The standard InChI is InChI=1S/C17H24FNO3S/c1-3-5-13(6-4-2)17(20)19-11-16(12-19)23(21,22)15-9-7-14(18)8-10-15/h7-10,13,16H,3-6,11-12H2,1-2H3. The zero-order valence-corrected chi connectivity index (χ0v) is 14.5. The van der Waals surface area contributed by atoms with Gasteiger partial charge in [0, 0.05) is 19.0 Å². The van der Waals surface area contributed by atoms with Crippen LogP contribution in [-0.4, -0.2) is 37.6 Å². The summed E-state index contributed by atoms with van der Waals surface area (Å²) in [7, 11) is -3.50. The fraction of sp³-hybridized carbons (Fsp3) is 0.588. The van der Waals surface area contributed by atoms with E-state index < -0.39 is 20.9 Å². The molecule has 0 radical (unpaired) electrons. The summed E-state index contributed by atoms with van der Waals surface area (Å²) in [5.41, 5.74) is 0. The molecule has 2 rings (SSSR count). The Balaban J connectivity index is 2.00. The summed E-state index contributed by atoms with van der Waals surface area (Å²) >= 11 is 0. The zero-order chi connectivity index (χ0) is 17.0. The molecule has 0 N–H and O–H groups in total. The number of benzene rings is 1. The molecule has 1 amide bonds. The van der Waals surface area contributed by atoms with Gasteiger partial charge in [-0.1, -0.05) is 26.7 Å². The molecule has 1 heterocycles. The number of carbonyl (C=O) groups is 1. The number of nitrogens with zero attached hydrogens (tertiary/aromatic N) is 1. The van der Waals surface area contributed by atoms with Gasteiger partial charge in [0.25, 0.3) is 0 Å². The van der Waals surface area contributed by atoms with Crippen molar-refractivity contribution in [1.29, 1.82) is 0 Å². The maximum absolute atomic E-state index is 12.9. The number of sulfone groups is 1. The molecule has 1 aliphatic rings. The van der Waals surface area contributed by atoms with Crippen molar-refractivity contribution in [2.45, 2.75) is 49.7 Å². The molecule has 0 aliphatic carbocycles. The molecule has 4 nitrogen and oxygen atoms in total. The lowest BCUT2D eigenvalue weighted by atomic mass is 9.95. The second-order valence-electron chi connectivity index (χ2n) is 6.14. The molecule has 0 bridgehead atoms. The fourth-order valence-electron chi connectivity index (χ4n) is 2.98. The van der Waals surface area contributed by atoms with Gasteiger partial charge in [0.2, 0.25) is 5.91 Å². The highest BCUT2D eigenvalue weighted by molar-refractivity contribution is 7.92. The minimum atomic E-state index is -3.50. The van der Waals surface area contributed by atoms with Crippen molar-refractivity contribution in [3.8, 4) is 0 Å². The predicted octanol–water partition coefficient (Wildman–Crippen LogP) is 3.03. The number of hydrogen-bond acceptors (Lipinski definition) is 3. The fourth-order valence-corrected chi connectivity index (χ4v) is 4.63. The number of amides is 1. The van der Waals surface area contributed by atoms with E-state index in [1.807, 2.05) is 13.8 Å². The molecule has 1 aromatic carbocycles. The Hall–Kier alpha value is -1.43. The monoisotopic (exact) mass is 341 g/mol. The van der Waals surface area contributed by atoms with E-state index in [1.165, 1.54) is 12.1 Å². The number of carbonyl (C=O) groups excluding carboxylic acids is 1. The van der Waals surface area contributed by atoms with Crippen LogP contribution in [0.3, 0.4) is 0 Å². The van der Waals surface area contributed by atoms with Gasteiger partial charge in [0.1, 0.15) is 11.1 Å². The molecule has 1 aromatic rings. The smallest absolute Gasteiger partial charge is 0.225 e. The quantitative estimate of drug-likeness (QED) is 0.716. The highest BCUT2D eigenvalue weighted by Gasteiger charge is 2.41. The van der Waals surface area contributed by atoms with Crippen LogP contribution in [0.25, 0.3) is 0 Å². The van der Waals surface area contributed by atoms with Crippen LogP contribution in [-0.2, 0) is 14.6 Å². The molecule has 0 atom stereocenters. The first-order chi connectivity index (χ1) is 10.9. The van der Waals surface area contributed by atoms with Crippen LogP contribution in [0.5, 0.6) is 0 Å². The zero-order valence-electron chi connectivity index (χ0n) is 13.7. The van der Waals surface area contributed by atoms with Crippen molar-refractivity contribution in [3.63, 3.8) is 0 Å². The van der Waals surface area contributed by atoms with Crippen LogP contribution in [0.2, 0.25) is 0 Å². The van der Waals surface area contributed by atoms with E-state index in [1.54, 1.807) is 4.90 Å². The van der Waals surface area contributed by atoms with Gasteiger partial charge in [-0.3, -0.25) is 4.79 Å². The van der Waals surface area contributed by atoms with Crippen LogP contribution >= 0.6 is 0 Å². The van der Waals surface area contributed by atoms with E-state index >= 15 is 0 Å². The normalized spacial score (nSPS) is 15.7. The molecule has 0 saturated carbocycles. The largest absolute Gasteiger partial charge is 0.340 e. The Morgan fingerprint density at radius 1 is 1.17 bits per heavy atom.